The van der Waals surface area contributed by atoms with Crippen molar-refractivity contribution in [3.05, 3.63) is 34.3 Å². The van der Waals surface area contributed by atoms with E-state index in [0.717, 1.165) is 50.2 Å². The van der Waals surface area contributed by atoms with Gasteiger partial charge in [-0.1, -0.05) is 52.5 Å². The molecule has 0 aromatic heterocycles. The summed E-state index contributed by atoms with van der Waals surface area (Å²) < 4.78 is 5.93. The van der Waals surface area contributed by atoms with Crippen LogP contribution in [0.15, 0.2) is 23.2 Å². The zero-order valence-corrected chi connectivity index (χ0v) is 25.9. The molecule has 7 nitrogen and oxygen atoms in total. The number of esters is 1. The average molecular weight is 599 g/mol. The molecule has 5 N–H and O–H groups in total. The normalized spacial score (nSPS) is 9.47. The molecule has 218 valence electrons. The van der Waals surface area contributed by atoms with Crippen molar-refractivity contribution in [1.82, 2.24) is 4.90 Å². The van der Waals surface area contributed by atoms with Gasteiger partial charge in [0.05, 0.1) is 10.0 Å². The van der Waals surface area contributed by atoms with Crippen molar-refractivity contribution in [1.29, 1.82) is 0 Å². The molecule has 0 unspecified atom stereocenters. The largest absolute Gasteiger partial charge is 0.506 e. The van der Waals surface area contributed by atoms with Gasteiger partial charge in [-0.3, -0.25) is 0 Å². The highest BCUT2D eigenvalue weighted by Gasteiger charge is 2.20. The summed E-state index contributed by atoms with van der Waals surface area (Å²) in [6.07, 6.45) is 17.5. The van der Waals surface area contributed by atoms with Gasteiger partial charge in [-0.15, -0.1) is 12.3 Å². The predicted molar refractivity (Wildman–Crippen MR) is 164 cm³/mol. The third kappa shape index (κ3) is 21.9. The molecule has 0 bridgehead atoms. The summed E-state index contributed by atoms with van der Waals surface area (Å²) >= 11 is 3.34. The number of phenols is 1. The number of benzene rings is 1. The third-order valence-electron chi connectivity index (χ3n) is 4.90. The Morgan fingerprint density at radius 1 is 1.11 bits per heavy atom. The number of aromatic hydroxyl groups is 1. The first-order chi connectivity index (χ1) is 18.2. The van der Waals surface area contributed by atoms with Crippen LogP contribution in [0.3, 0.4) is 0 Å². The molecule has 1 aromatic rings. The van der Waals surface area contributed by atoms with E-state index in [1.54, 1.807) is 13.0 Å². The molecule has 0 fully saturated rings. The van der Waals surface area contributed by atoms with E-state index in [2.05, 4.69) is 34.9 Å². The van der Waals surface area contributed by atoms with Crippen LogP contribution in [0.4, 0.5) is 0 Å². The second-order valence-electron chi connectivity index (χ2n) is 8.44. The highest BCUT2D eigenvalue weighted by molar-refractivity contribution is 9.10. The summed E-state index contributed by atoms with van der Waals surface area (Å²) in [5, 5.41) is 10.2. The van der Waals surface area contributed by atoms with E-state index in [1.165, 1.54) is 32.1 Å². The molecule has 0 amide bonds. The van der Waals surface area contributed by atoms with Gasteiger partial charge in [-0.25, -0.2) is 4.79 Å². The summed E-state index contributed by atoms with van der Waals surface area (Å²) in [4.78, 5) is 23.4. The number of halogens is 1. The minimum Gasteiger partial charge on any atom is -0.506 e. The number of carbonyl (C=O) groups is 2. The van der Waals surface area contributed by atoms with Crippen LogP contribution < -0.4 is 16.2 Å². The van der Waals surface area contributed by atoms with Gasteiger partial charge in [0.2, 0.25) is 0 Å². The summed E-state index contributed by atoms with van der Waals surface area (Å²) in [6, 6.07) is 1.76. The molecular weight excluding hydrogens is 546 g/mol. The number of aryl methyl sites for hydroxylation is 1. The Kier molecular flexibility index (Phi) is 31.2. The summed E-state index contributed by atoms with van der Waals surface area (Å²) in [7, 11) is 3.75. The van der Waals surface area contributed by atoms with Crippen molar-refractivity contribution in [3.8, 4) is 23.8 Å². The van der Waals surface area contributed by atoms with Crippen molar-refractivity contribution in [3.63, 3.8) is 0 Å². The molecule has 8 heteroatoms. The molecule has 1 aromatic carbocycles. The van der Waals surface area contributed by atoms with Crippen LogP contribution in [-0.2, 0) is 22.6 Å². The summed E-state index contributed by atoms with van der Waals surface area (Å²) in [5.41, 5.74) is 12.3. The van der Waals surface area contributed by atoms with Crippen LogP contribution in [0.1, 0.15) is 89.7 Å². The summed E-state index contributed by atoms with van der Waals surface area (Å²) in [6.45, 7) is 10.9. The van der Waals surface area contributed by atoms with Crippen LogP contribution >= 0.6 is 15.9 Å². The molecule has 0 heterocycles. The standard InChI is InChI=1S/C15H21BrN2O3.C10H21NO.C3H4.C2H6/c1-4-13(19)21-15-10(6-5-7-17)8-12(16)14(20)11(15)9-18(2)3;11-9-7-5-3-1-2-4-6-8-10-12;1-3-2;1-2/h4,8,20H,1,5-7,9,17H2,2-3H3;10H,1-9,11H2;1H,2H3;1-2H3. The summed E-state index contributed by atoms with van der Waals surface area (Å²) in [5.74, 6) is 2.17. The number of hydrogen-bond acceptors (Lipinski definition) is 7. The van der Waals surface area contributed by atoms with Crippen molar-refractivity contribution in [2.45, 2.75) is 91.5 Å². The number of hydrogen-bond donors (Lipinski definition) is 3. The molecule has 0 radical (unpaired) electrons. The zero-order valence-electron chi connectivity index (χ0n) is 24.4. The molecule has 0 saturated carbocycles. The van der Waals surface area contributed by atoms with E-state index in [4.69, 9.17) is 16.2 Å². The molecule has 0 aliphatic carbocycles. The quantitative estimate of drug-likeness (QED) is 0.0523. The van der Waals surface area contributed by atoms with Crippen molar-refractivity contribution in [2.75, 3.05) is 27.2 Å². The van der Waals surface area contributed by atoms with E-state index >= 15 is 0 Å². The van der Waals surface area contributed by atoms with Crippen LogP contribution in [0.2, 0.25) is 0 Å². The SMILES string of the molecule is C#CC.C=CC(=O)Oc1c(CCCN)cc(Br)c(O)c1CN(C)C.CC.NCCCCCCCCCC=O. The van der Waals surface area contributed by atoms with Crippen molar-refractivity contribution >= 4 is 28.2 Å². The number of nitrogens with zero attached hydrogens (tertiary/aromatic N) is 1. The first-order valence-corrected chi connectivity index (χ1v) is 14.3. The molecule has 0 saturated heterocycles. The van der Waals surface area contributed by atoms with Crippen molar-refractivity contribution < 1.29 is 19.4 Å². The van der Waals surface area contributed by atoms with E-state index in [9.17, 15) is 14.7 Å². The minimum atomic E-state index is -0.550. The smallest absolute Gasteiger partial charge is 0.335 e. The highest BCUT2D eigenvalue weighted by atomic mass is 79.9. The lowest BCUT2D eigenvalue weighted by Gasteiger charge is -2.19. The maximum Gasteiger partial charge on any atom is 0.335 e. The Balaban J connectivity index is -0.000000610. The number of terminal acetylenes is 1. The Morgan fingerprint density at radius 3 is 2.05 bits per heavy atom. The molecular formula is C30H52BrN3O4. The molecule has 0 spiro atoms. The van der Waals surface area contributed by atoms with Gasteiger partial charge in [0.25, 0.3) is 0 Å². The number of phenolic OH excluding ortho intramolecular Hbond substituents is 1. The third-order valence-corrected chi connectivity index (χ3v) is 5.50. The first-order valence-electron chi connectivity index (χ1n) is 13.5. The lowest BCUT2D eigenvalue weighted by molar-refractivity contribution is -0.129. The zero-order chi connectivity index (χ0) is 29.8. The molecule has 0 aliphatic heterocycles. The van der Waals surface area contributed by atoms with Gasteiger partial charge in [-0.05, 0) is 87.4 Å². The van der Waals surface area contributed by atoms with Crippen LogP contribution in [-0.4, -0.2) is 49.4 Å². The second-order valence-corrected chi connectivity index (χ2v) is 9.29. The maximum absolute atomic E-state index is 11.6. The number of ether oxygens (including phenoxy) is 1. The second kappa shape index (κ2) is 29.4. The fraction of sp³-hybridized carbons (Fsp3) is 0.600. The fourth-order valence-electron chi connectivity index (χ4n) is 3.20. The molecule has 0 atom stereocenters. The molecule has 1 rings (SSSR count). The number of rotatable bonds is 16. The lowest BCUT2D eigenvalue weighted by Crippen LogP contribution is -2.15. The number of carbonyl (C=O) groups excluding carboxylic acids is 2. The van der Waals surface area contributed by atoms with Gasteiger partial charge >= 0.3 is 5.97 Å². The van der Waals surface area contributed by atoms with Gasteiger partial charge < -0.3 is 31.0 Å². The Labute approximate surface area is 240 Å². The van der Waals surface area contributed by atoms with Gasteiger partial charge in [0.15, 0.2) is 0 Å². The fourth-order valence-corrected chi connectivity index (χ4v) is 3.71. The van der Waals surface area contributed by atoms with Crippen LogP contribution in [0.25, 0.3) is 0 Å². The van der Waals surface area contributed by atoms with Gasteiger partial charge in [-0.2, -0.15) is 0 Å². The Morgan fingerprint density at radius 2 is 1.61 bits per heavy atom. The van der Waals surface area contributed by atoms with Crippen molar-refractivity contribution in [2.24, 2.45) is 11.5 Å². The van der Waals surface area contributed by atoms with Crippen LogP contribution in [0, 0.1) is 12.3 Å². The highest BCUT2D eigenvalue weighted by Crippen LogP contribution is 2.39. The van der Waals surface area contributed by atoms with Gasteiger partial charge in [0, 0.05) is 19.0 Å². The van der Waals surface area contributed by atoms with E-state index in [-0.39, 0.29) is 5.75 Å². The monoisotopic (exact) mass is 597 g/mol. The van der Waals surface area contributed by atoms with Crippen LogP contribution in [0.5, 0.6) is 11.5 Å². The lowest BCUT2D eigenvalue weighted by atomic mass is 10.0. The van der Waals surface area contributed by atoms with E-state index in [0.29, 0.717) is 35.3 Å². The average Bonchev–Trinajstić information content (AvgIpc) is 2.90. The maximum atomic E-state index is 11.6. The number of aldehydes is 1. The minimum absolute atomic E-state index is 0.0760. The Hall–Kier alpha value is -2.18. The van der Waals surface area contributed by atoms with Gasteiger partial charge in [0.1, 0.15) is 17.8 Å². The van der Waals surface area contributed by atoms with E-state index in [1.807, 2.05) is 32.8 Å². The molecule has 0 aliphatic rings. The first kappa shape index (κ1) is 40.3. The predicted octanol–water partition coefficient (Wildman–Crippen LogP) is 6.13. The number of nitrogens with two attached hydrogens (primary N) is 2. The number of unbranched alkanes of at least 4 members (excludes halogenated alkanes) is 7. The molecule has 38 heavy (non-hydrogen) atoms. The Bertz CT molecular complexity index is 793. The van der Waals surface area contributed by atoms with E-state index < -0.39 is 5.97 Å². The topological polar surface area (TPSA) is 119 Å².